The molecule has 1 saturated heterocycles. The first-order valence-corrected chi connectivity index (χ1v) is 9.21. The highest BCUT2D eigenvalue weighted by atomic mass is 16.5. The van der Waals surface area contributed by atoms with Crippen molar-refractivity contribution >= 4 is 17.5 Å². The normalized spacial score (nSPS) is 15.7. The van der Waals surface area contributed by atoms with Crippen molar-refractivity contribution in [2.24, 2.45) is 0 Å². The third kappa shape index (κ3) is 5.47. The smallest absolute Gasteiger partial charge is 0.262 e. The number of amides is 2. The van der Waals surface area contributed by atoms with E-state index in [-0.39, 0.29) is 24.5 Å². The van der Waals surface area contributed by atoms with E-state index in [1.54, 1.807) is 55.6 Å². The molecule has 1 atom stereocenters. The summed E-state index contributed by atoms with van der Waals surface area (Å²) in [5, 5.41) is 5.60. The second-order valence-electron chi connectivity index (χ2n) is 6.41. The van der Waals surface area contributed by atoms with E-state index < -0.39 is 0 Å². The van der Waals surface area contributed by atoms with Gasteiger partial charge in [0.1, 0.15) is 11.5 Å². The maximum atomic E-state index is 12.5. The zero-order valence-electron chi connectivity index (χ0n) is 15.8. The van der Waals surface area contributed by atoms with Crippen molar-refractivity contribution in [1.82, 2.24) is 5.32 Å². The number of hydrogen-bond donors (Lipinski definition) is 2. The van der Waals surface area contributed by atoms with Gasteiger partial charge in [0.2, 0.25) is 0 Å². The van der Waals surface area contributed by atoms with Crippen LogP contribution in [0.5, 0.6) is 11.5 Å². The Morgan fingerprint density at radius 1 is 1.14 bits per heavy atom. The van der Waals surface area contributed by atoms with Gasteiger partial charge in [-0.15, -0.1) is 0 Å². The molecule has 3 rings (SSSR count). The predicted octanol–water partition coefficient (Wildman–Crippen LogP) is 2.62. The fourth-order valence-electron chi connectivity index (χ4n) is 2.92. The highest BCUT2D eigenvalue weighted by Gasteiger charge is 2.18. The second-order valence-corrected chi connectivity index (χ2v) is 6.41. The lowest BCUT2D eigenvalue weighted by molar-refractivity contribution is -0.118. The summed E-state index contributed by atoms with van der Waals surface area (Å²) in [5.74, 6) is 0.561. The van der Waals surface area contributed by atoms with E-state index in [0.717, 1.165) is 19.4 Å². The van der Waals surface area contributed by atoms with Gasteiger partial charge in [-0.1, -0.05) is 18.2 Å². The largest absolute Gasteiger partial charge is 0.497 e. The molecular weight excluding hydrogens is 360 g/mol. The van der Waals surface area contributed by atoms with Gasteiger partial charge in [-0.2, -0.15) is 0 Å². The fraction of sp³-hybridized carbons (Fsp3) is 0.333. The number of ether oxygens (including phenoxy) is 3. The van der Waals surface area contributed by atoms with Crippen molar-refractivity contribution in [2.75, 3.05) is 32.2 Å². The number of anilines is 1. The van der Waals surface area contributed by atoms with E-state index in [1.807, 2.05) is 0 Å². The summed E-state index contributed by atoms with van der Waals surface area (Å²) in [5.41, 5.74) is 0.835. The Hall–Kier alpha value is -3.06. The molecule has 1 fully saturated rings. The number of rotatable bonds is 8. The van der Waals surface area contributed by atoms with Crippen LogP contribution in [0.1, 0.15) is 23.2 Å². The zero-order valence-corrected chi connectivity index (χ0v) is 15.8. The van der Waals surface area contributed by atoms with Crippen LogP contribution in [0, 0.1) is 0 Å². The average Bonchev–Trinajstić information content (AvgIpc) is 3.25. The van der Waals surface area contributed by atoms with Gasteiger partial charge >= 0.3 is 0 Å². The highest BCUT2D eigenvalue weighted by molar-refractivity contribution is 6.04. The Labute approximate surface area is 164 Å². The Morgan fingerprint density at radius 2 is 1.96 bits per heavy atom. The van der Waals surface area contributed by atoms with Gasteiger partial charge < -0.3 is 24.8 Å². The number of methoxy groups -OCH3 is 1. The summed E-state index contributed by atoms with van der Waals surface area (Å²) in [7, 11) is 1.56. The average molecular weight is 384 g/mol. The van der Waals surface area contributed by atoms with Gasteiger partial charge in [0.15, 0.2) is 6.61 Å². The van der Waals surface area contributed by atoms with E-state index in [0.29, 0.717) is 29.3 Å². The molecule has 0 bridgehead atoms. The lowest BCUT2D eigenvalue weighted by Crippen LogP contribution is -2.32. The number of carbonyl (C=O) groups excluding carboxylic acids is 2. The molecule has 0 aromatic heterocycles. The van der Waals surface area contributed by atoms with Crippen LogP contribution in [-0.4, -0.2) is 44.8 Å². The Balaban J connectivity index is 1.55. The summed E-state index contributed by atoms with van der Waals surface area (Å²) in [6, 6.07) is 13.9. The SMILES string of the molecule is COc1cccc(OCC(=O)Nc2ccccc2C(=O)NCC2CCCO2)c1. The molecule has 2 aromatic rings. The van der Waals surface area contributed by atoms with Gasteiger partial charge in [0.05, 0.1) is 24.5 Å². The van der Waals surface area contributed by atoms with Crippen LogP contribution >= 0.6 is 0 Å². The molecule has 28 heavy (non-hydrogen) atoms. The van der Waals surface area contributed by atoms with Crippen LogP contribution in [0.4, 0.5) is 5.69 Å². The minimum absolute atomic E-state index is 0.0574. The number of carbonyl (C=O) groups is 2. The molecule has 0 saturated carbocycles. The number of hydrogen-bond acceptors (Lipinski definition) is 5. The second kappa shape index (κ2) is 9.75. The van der Waals surface area contributed by atoms with E-state index in [4.69, 9.17) is 14.2 Å². The van der Waals surface area contributed by atoms with Gasteiger partial charge in [0, 0.05) is 19.2 Å². The maximum absolute atomic E-state index is 12.5. The number of benzene rings is 2. The van der Waals surface area contributed by atoms with Crippen molar-refractivity contribution in [3.63, 3.8) is 0 Å². The van der Waals surface area contributed by atoms with Gasteiger partial charge in [-0.05, 0) is 37.1 Å². The first-order chi connectivity index (χ1) is 13.7. The molecule has 1 unspecified atom stereocenters. The monoisotopic (exact) mass is 384 g/mol. The van der Waals surface area contributed by atoms with Crippen LogP contribution in [0.25, 0.3) is 0 Å². The summed E-state index contributed by atoms with van der Waals surface area (Å²) in [6.07, 6.45) is 2.02. The van der Waals surface area contributed by atoms with Crippen LogP contribution in [-0.2, 0) is 9.53 Å². The van der Waals surface area contributed by atoms with Crippen molar-refractivity contribution < 1.29 is 23.8 Å². The maximum Gasteiger partial charge on any atom is 0.262 e. The quantitative estimate of drug-likeness (QED) is 0.731. The summed E-state index contributed by atoms with van der Waals surface area (Å²) in [6.45, 7) is 1.01. The standard InChI is InChI=1S/C21H24N2O5/c1-26-15-6-4-7-16(12-15)28-14-20(24)23-19-10-3-2-9-18(19)21(25)22-13-17-8-5-11-27-17/h2-4,6-7,9-10,12,17H,5,8,11,13-14H2,1H3,(H,22,25)(H,23,24). The molecule has 1 aliphatic heterocycles. The fourth-order valence-corrected chi connectivity index (χ4v) is 2.92. The molecular formula is C21H24N2O5. The molecule has 0 radical (unpaired) electrons. The molecule has 0 aliphatic carbocycles. The van der Waals surface area contributed by atoms with Crippen molar-refractivity contribution in [1.29, 1.82) is 0 Å². The van der Waals surface area contributed by atoms with E-state index in [2.05, 4.69) is 10.6 Å². The van der Waals surface area contributed by atoms with Crippen LogP contribution in [0.15, 0.2) is 48.5 Å². The lowest BCUT2D eigenvalue weighted by atomic mass is 10.1. The predicted molar refractivity (Wildman–Crippen MR) is 105 cm³/mol. The molecule has 2 amide bonds. The summed E-state index contributed by atoms with van der Waals surface area (Å²) < 4.78 is 16.1. The highest BCUT2D eigenvalue weighted by Crippen LogP contribution is 2.19. The Morgan fingerprint density at radius 3 is 2.75 bits per heavy atom. The van der Waals surface area contributed by atoms with Gasteiger partial charge in [-0.3, -0.25) is 9.59 Å². The first kappa shape index (κ1) is 19.7. The van der Waals surface area contributed by atoms with Crippen LogP contribution < -0.4 is 20.1 Å². The number of para-hydroxylation sites is 1. The zero-order chi connectivity index (χ0) is 19.8. The third-order valence-corrected chi connectivity index (χ3v) is 4.37. The molecule has 1 aliphatic rings. The van der Waals surface area contributed by atoms with E-state index in [1.165, 1.54) is 0 Å². The van der Waals surface area contributed by atoms with Gasteiger partial charge in [-0.25, -0.2) is 0 Å². The lowest BCUT2D eigenvalue weighted by Gasteiger charge is -2.14. The topological polar surface area (TPSA) is 85.9 Å². The molecule has 1 heterocycles. The van der Waals surface area contributed by atoms with Crippen molar-refractivity contribution in [2.45, 2.75) is 18.9 Å². The number of nitrogens with one attached hydrogen (secondary N) is 2. The van der Waals surface area contributed by atoms with Crippen molar-refractivity contribution in [3.05, 3.63) is 54.1 Å². The van der Waals surface area contributed by atoms with Crippen molar-refractivity contribution in [3.8, 4) is 11.5 Å². The summed E-state index contributed by atoms with van der Waals surface area (Å²) in [4.78, 5) is 24.8. The molecule has 148 valence electrons. The minimum atomic E-state index is -0.359. The van der Waals surface area contributed by atoms with E-state index >= 15 is 0 Å². The Bertz CT molecular complexity index is 818. The Kier molecular flexibility index (Phi) is 6.86. The molecule has 2 N–H and O–H groups in total. The summed E-state index contributed by atoms with van der Waals surface area (Å²) >= 11 is 0. The first-order valence-electron chi connectivity index (χ1n) is 9.21. The molecule has 7 heteroatoms. The molecule has 7 nitrogen and oxygen atoms in total. The van der Waals surface area contributed by atoms with E-state index in [9.17, 15) is 9.59 Å². The minimum Gasteiger partial charge on any atom is -0.497 e. The van der Waals surface area contributed by atoms with Gasteiger partial charge in [0.25, 0.3) is 11.8 Å². The van der Waals surface area contributed by atoms with Crippen LogP contribution in [0.3, 0.4) is 0 Å². The molecule has 0 spiro atoms. The third-order valence-electron chi connectivity index (χ3n) is 4.37. The van der Waals surface area contributed by atoms with Crippen LogP contribution in [0.2, 0.25) is 0 Å². The molecule has 2 aromatic carbocycles.